The number of thiazole rings is 1. The highest BCUT2D eigenvalue weighted by Crippen LogP contribution is 2.23. The zero-order valence-electron chi connectivity index (χ0n) is 12.9. The zero-order chi connectivity index (χ0) is 15.6. The Morgan fingerprint density at radius 2 is 1.95 bits per heavy atom. The third-order valence-electron chi connectivity index (χ3n) is 3.60. The van der Waals surface area contributed by atoms with E-state index in [9.17, 15) is 8.42 Å². The van der Waals surface area contributed by atoms with Gasteiger partial charge in [-0.15, -0.1) is 11.3 Å². The lowest BCUT2D eigenvalue weighted by Gasteiger charge is -2.09. The highest BCUT2D eigenvalue weighted by atomic mass is 32.2. The first-order valence-corrected chi connectivity index (χ1v) is 9.55. The van der Waals surface area contributed by atoms with Gasteiger partial charge in [0.2, 0.25) is 15.0 Å². The summed E-state index contributed by atoms with van der Waals surface area (Å²) in [5, 5.41) is 0.193. The maximum Gasteiger partial charge on any atom is 0.228 e. The highest BCUT2D eigenvalue weighted by molar-refractivity contribution is 7.90. The Balaban J connectivity index is 2.40. The first-order chi connectivity index (χ1) is 9.86. The number of aromatic nitrogens is 3. The molecule has 2 aromatic heterocycles. The van der Waals surface area contributed by atoms with Crippen LogP contribution in [-0.4, -0.2) is 23.0 Å². The molecule has 0 atom stereocenters. The molecular formula is C14H21N3O2S2. The molecule has 0 spiro atoms. The predicted octanol–water partition coefficient (Wildman–Crippen LogP) is 3.04. The molecule has 0 unspecified atom stereocenters. The van der Waals surface area contributed by atoms with Crippen LogP contribution in [-0.2, 0) is 22.1 Å². The van der Waals surface area contributed by atoms with E-state index in [2.05, 4.69) is 16.9 Å². The largest absolute Gasteiger partial charge is 0.319 e. The number of hydrogen-bond donors (Lipinski definition) is 0. The number of imidazole rings is 1. The van der Waals surface area contributed by atoms with Gasteiger partial charge in [-0.1, -0.05) is 13.3 Å². The summed E-state index contributed by atoms with van der Waals surface area (Å²) < 4.78 is 27.2. The third kappa shape index (κ3) is 3.35. The molecule has 2 heterocycles. The normalized spacial score (nSPS) is 12.0. The second-order valence-corrected chi connectivity index (χ2v) is 8.01. The summed E-state index contributed by atoms with van der Waals surface area (Å²) in [7, 11) is -3.45. The molecular weight excluding hydrogens is 306 g/mol. The van der Waals surface area contributed by atoms with Gasteiger partial charge in [-0.05, 0) is 27.2 Å². The summed E-state index contributed by atoms with van der Waals surface area (Å²) in [5.74, 6) is -0.0223. The van der Waals surface area contributed by atoms with Gasteiger partial charge in [0, 0.05) is 17.1 Å². The van der Waals surface area contributed by atoms with Crippen molar-refractivity contribution in [1.29, 1.82) is 0 Å². The number of aryl methyl sites for hydroxylation is 2. The van der Waals surface area contributed by atoms with Crippen molar-refractivity contribution in [3.8, 4) is 0 Å². The van der Waals surface area contributed by atoms with Crippen LogP contribution in [0.15, 0.2) is 10.7 Å². The number of rotatable bonds is 6. The first kappa shape index (κ1) is 16.2. The quantitative estimate of drug-likeness (QED) is 0.818. The molecule has 0 bridgehead atoms. The molecule has 0 N–H and O–H groups in total. The average Bonchev–Trinajstić information content (AvgIpc) is 2.94. The molecule has 0 aliphatic rings. The lowest BCUT2D eigenvalue weighted by atomic mass is 10.3. The second kappa shape index (κ2) is 6.27. The smallest absolute Gasteiger partial charge is 0.228 e. The maximum atomic E-state index is 12.7. The molecule has 0 aromatic carbocycles. The Morgan fingerprint density at radius 1 is 1.24 bits per heavy atom. The van der Waals surface area contributed by atoms with Crippen LogP contribution in [0.2, 0.25) is 0 Å². The van der Waals surface area contributed by atoms with Gasteiger partial charge in [0.25, 0.3) is 0 Å². The molecule has 0 saturated carbocycles. The molecule has 0 amide bonds. The summed E-state index contributed by atoms with van der Waals surface area (Å²) in [5.41, 5.74) is 4.18. The van der Waals surface area contributed by atoms with Crippen LogP contribution >= 0.6 is 11.3 Å². The number of sulfone groups is 1. The molecule has 0 radical (unpaired) electrons. The van der Waals surface area contributed by atoms with Gasteiger partial charge < -0.3 is 4.57 Å². The van der Waals surface area contributed by atoms with Crippen molar-refractivity contribution in [1.82, 2.24) is 14.5 Å². The fourth-order valence-electron chi connectivity index (χ4n) is 2.14. The van der Waals surface area contributed by atoms with Crippen LogP contribution in [0.25, 0.3) is 0 Å². The first-order valence-electron chi connectivity index (χ1n) is 7.02. The van der Waals surface area contributed by atoms with Gasteiger partial charge in [-0.2, -0.15) is 0 Å². The second-order valence-electron chi connectivity index (χ2n) is 5.19. The summed E-state index contributed by atoms with van der Waals surface area (Å²) in [6.07, 6.45) is 1.96. The molecule has 116 valence electrons. The third-order valence-corrected chi connectivity index (χ3v) is 6.26. The van der Waals surface area contributed by atoms with Gasteiger partial charge in [-0.3, -0.25) is 0 Å². The molecule has 5 nitrogen and oxygen atoms in total. The minimum Gasteiger partial charge on any atom is -0.319 e. The van der Waals surface area contributed by atoms with E-state index in [1.165, 1.54) is 11.3 Å². The van der Waals surface area contributed by atoms with Crippen molar-refractivity contribution >= 4 is 21.2 Å². The molecule has 2 aromatic rings. The number of hydrogen-bond acceptors (Lipinski definition) is 5. The van der Waals surface area contributed by atoms with E-state index in [-0.39, 0.29) is 10.9 Å². The molecule has 21 heavy (non-hydrogen) atoms. The molecule has 0 saturated heterocycles. The van der Waals surface area contributed by atoms with Gasteiger partial charge in [0.05, 0.1) is 22.7 Å². The molecule has 0 aliphatic heterocycles. The highest BCUT2D eigenvalue weighted by Gasteiger charge is 2.25. The molecule has 7 heteroatoms. The number of nitrogens with zero attached hydrogens (tertiary/aromatic N) is 3. The monoisotopic (exact) mass is 327 g/mol. The van der Waals surface area contributed by atoms with Gasteiger partial charge >= 0.3 is 0 Å². The van der Waals surface area contributed by atoms with Crippen LogP contribution < -0.4 is 0 Å². The van der Waals surface area contributed by atoms with E-state index in [4.69, 9.17) is 0 Å². The summed E-state index contributed by atoms with van der Waals surface area (Å²) in [4.78, 5) is 9.21. The van der Waals surface area contributed by atoms with Crippen LogP contribution in [0.3, 0.4) is 0 Å². The fraction of sp³-hybridized carbons (Fsp3) is 0.571. The van der Waals surface area contributed by atoms with Crippen LogP contribution in [0.5, 0.6) is 0 Å². The van der Waals surface area contributed by atoms with E-state index in [1.807, 2.05) is 25.3 Å². The van der Waals surface area contributed by atoms with E-state index in [0.717, 1.165) is 34.8 Å². The minimum absolute atomic E-state index is 0.0223. The average molecular weight is 327 g/mol. The standard InChI is InChI=1S/C14H21N3O2S2/c1-5-6-7-17-12(4)10(2)16-14(17)21(18,19)8-13-11(3)15-9-20-13/h9H,5-8H2,1-4H3. The molecule has 0 fully saturated rings. The Kier molecular flexibility index (Phi) is 4.83. The van der Waals surface area contributed by atoms with E-state index in [1.54, 1.807) is 5.51 Å². The maximum absolute atomic E-state index is 12.7. The minimum atomic E-state index is -3.45. The van der Waals surface area contributed by atoms with E-state index >= 15 is 0 Å². The van der Waals surface area contributed by atoms with Crippen molar-refractivity contribution in [2.45, 2.75) is 58.0 Å². The van der Waals surface area contributed by atoms with Crippen LogP contribution in [0.4, 0.5) is 0 Å². The van der Waals surface area contributed by atoms with Crippen LogP contribution in [0.1, 0.15) is 41.7 Å². The van der Waals surface area contributed by atoms with Crippen molar-refractivity contribution in [3.05, 3.63) is 27.5 Å². The van der Waals surface area contributed by atoms with Crippen LogP contribution in [0, 0.1) is 20.8 Å². The van der Waals surface area contributed by atoms with Crippen molar-refractivity contribution in [2.24, 2.45) is 0 Å². The Labute approximate surface area is 130 Å². The van der Waals surface area contributed by atoms with Gasteiger partial charge in [0.1, 0.15) is 0 Å². The van der Waals surface area contributed by atoms with Crippen molar-refractivity contribution in [3.63, 3.8) is 0 Å². The van der Waals surface area contributed by atoms with Gasteiger partial charge in [0.15, 0.2) is 0 Å². The zero-order valence-corrected chi connectivity index (χ0v) is 14.5. The van der Waals surface area contributed by atoms with Crippen molar-refractivity contribution in [2.75, 3.05) is 0 Å². The predicted molar refractivity (Wildman–Crippen MR) is 84.3 cm³/mol. The Morgan fingerprint density at radius 3 is 2.52 bits per heavy atom. The molecule has 2 rings (SSSR count). The fourth-order valence-corrected chi connectivity index (χ4v) is 4.96. The Bertz CT molecular complexity index is 729. The lowest BCUT2D eigenvalue weighted by Crippen LogP contribution is -2.14. The van der Waals surface area contributed by atoms with E-state index < -0.39 is 9.84 Å². The molecule has 0 aliphatic carbocycles. The topological polar surface area (TPSA) is 64.8 Å². The number of unbranched alkanes of at least 4 members (excludes halogenated alkanes) is 1. The van der Waals surface area contributed by atoms with Gasteiger partial charge in [-0.25, -0.2) is 18.4 Å². The lowest BCUT2D eigenvalue weighted by molar-refractivity contribution is 0.538. The van der Waals surface area contributed by atoms with E-state index in [0.29, 0.717) is 6.54 Å². The van der Waals surface area contributed by atoms with Crippen molar-refractivity contribution < 1.29 is 8.42 Å². The Hall–Kier alpha value is -1.21. The summed E-state index contributed by atoms with van der Waals surface area (Å²) >= 11 is 1.38. The summed E-state index contributed by atoms with van der Waals surface area (Å²) in [6, 6.07) is 0. The summed E-state index contributed by atoms with van der Waals surface area (Å²) in [6.45, 7) is 8.40. The SMILES string of the molecule is CCCCn1c(S(=O)(=O)Cc2scnc2C)nc(C)c1C.